The Morgan fingerprint density at radius 3 is 2.26 bits per heavy atom. The number of ether oxygens (including phenoxy) is 1. The number of benzene rings is 3. The van der Waals surface area contributed by atoms with Gasteiger partial charge in [0.25, 0.3) is 5.69 Å². The van der Waals surface area contributed by atoms with E-state index in [2.05, 4.69) is 17.0 Å². The van der Waals surface area contributed by atoms with Crippen LogP contribution >= 0.6 is 23.0 Å². The summed E-state index contributed by atoms with van der Waals surface area (Å²) in [6.07, 6.45) is -0.293. The van der Waals surface area contributed by atoms with Crippen LogP contribution < -0.4 is 0 Å². The number of halogens is 1. The molecule has 0 saturated heterocycles. The molecule has 6 nitrogen and oxygen atoms in total. The van der Waals surface area contributed by atoms with Gasteiger partial charge in [-0.25, -0.2) is 0 Å². The molecule has 0 bridgehead atoms. The Hall–Kier alpha value is -2.33. The van der Waals surface area contributed by atoms with Crippen molar-refractivity contribution in [1.29, 1.82) is 0 Å². The second-order valence-electron chi connectivity index (χ2n) is 7.19. The molecule has 0 N–H and O–H groups in total. The quantitative estimate of drug-likeness (QED) is 0.129. The van der Waals surface area contributed by atoms with E-state index in [9.17, 15) is 10.1 Å². The predicted molar refractivity (Wildman–Crippen MR) is 129 cm³/mol. The van der Waals surface area contributed by atoms with Crippen molar-refractivity contribution in [3.05, 3.63) is 112 Å². The zero-order chi connectivity index (χ0) is 21.9. The van der Waals surface area contributed by atoms with Crippen LogP contribution in [0.1, 0.15) is 22.8 Å². The molecule has 0 aromatic heterocycles. The molecule has 3 rings (SSSR count). The average Bonchev–Trinajstić information content (AvgIpc) is 2.81. The van der Waals surface area contributed by atoms with Gasteiger partial charge in [0.05, 0.1) is 18.1 Å². The van der Waals surface area contributed by atoms with Crippen molar-refractivity contribution in [2.24, 2.45) is 0 Å². The van der Waals surface area contributed by atoms with Gasteiger partial charge in [0.2, 0.25) is 0 Å². The molecule has 0 aliphatic carbocycles. The lowest BCUT2D eigenvalue weighted by Crippen LogP contribution is -2.31. The van der Waals surface area contributed by atoms with Crippen molar-refractivity contribution in [3.63, 3.8) is 0 Å². The summed E-state index contributed by atoms with van der Waals surface area (Å²) in [6, 6.07) is 26.9. The van der Waals surface area contributed by atoms with E-state index in [1.54, 1.807) is 12.1 Å². The smallest absolute Gasteiger partial charge is 0.269 e. The van der Waals surface area contributed by atoms with E-state index in [0.717, 1.165) is 17.7 Å². The van der Waals surface area contributed by atoms with Gasteiger partial charge in [-0.1, -0.05) is 72.8 Å². The van der Waals surface area contributed by atoms with Crippen LogP contribution in [0.2, 0.25) is 0 Å². The van der Waals surface area contributed by atoms with Crippen LogP contribution in [-0.4, -0.2) is 29.5 Å². The molecule has 162 valence electrons. The Morgan fingerprint density at radius 2 is 1.61 bits per heavy atom. The largest absolute Gasteiger partial charge is 0.375 e. The van der Waals surface area contributed by atoms with Gasteiger partial charge in [-0.05, 0) is 16.7 Å². The highest BCUT2D eigenvalue weighted by atomic mass is 127. The summed E-state index contributed by atoms with van der Waals surface area (Å²) in [5, 5.41) is 11.2. The highest BCUT2D eigenvalue weighted by Gasteiger charge is 2.19. The summed E-state index contributed by atoms with van der Waals surface area (Å²) in [7, 11) is 0. The standard InChI is InChI=1S/C24H25IN2O4/c25-31-24(22-12-7-13-23(16-22)27(28)29)18-26(17-20-8-3-1-4-9-20)14-15-30-19-21-10-5-2-6-11-21/h1-13,16,24H,14-15,17-19H2/t24-/m0/s1. The van der Waals surface area contributed by atoms with Gasteiger partial charge in [0.15, 0.2) is 0 Å². The maximum Gasteiger partial charge on any atom is 0.269 e. The lowest BCUT2D eigenvalue weighted by molar-refractivity contribution is -0.385. The molecule has 0 spiro atoms. The predicted octanol–water partition coefficient (Wildman–Crippen LogP) is 5.72. The Balaban J connectivity index is 1.65. The van der Waals surface area contributed by atoms with E-state index in [1.807, 2.05) is 77.6 Å². The molecule has 7 heteroatoms. The van der Waals surface area contributed by atoms with Crippen molar-refractivity contribution in [1.82, 2.24) is 4.90 Å². The highest BCUT2D eigenvalue weighted by Crippen LogP contribution is 2.25. The number of non-ortho nitro benzene ring substituents is 1. The van der Waals surface area contributed by atoms with E-state index in [1.165, 1.54) is 11.6 Å². The fourth-order valence-electron chi connectivity index (χ4n) is 3.29. The normalized spacial score (nSPS) is 12.1. The fraction of sp³-hybridized carbons (Fsp3) is 0.250. The molecule has 0 unspecified atom stereocenters. The van der Waals surface area contributed by atoms with E-state index in [0.29, 0.717) is 26.3 Å². The number of nitrogens with zero attached hydrogens (tertiary/aromatic N) is 2. The maximum atomic E-state index is 11.2. The Bertz CT molecular complexity index is 941. The molecule has 0 amide bonds. The molecule has 3 aromatic rings. The molecule has 31 heavy (non-hydrogen) atoms. The maximum absolute atomic E-state index is 11.2. The van der Waals surface area contributed by atoms with E-state index in [4.69, 9.17) is 7.80 Å². The molecule has 1 atom stereocenters. The van der Waals surface area contributed by atoms with Gasteiger partial charge >= 0.3 is 0 Å². The molecule has 0 radical (unpaired) electrons. The first-order valence-electron chi connectivity index (χ1n) is 10.1. The number of rotatable bonds is 12. The van der Waals surface area contributed by atoms with Gasteiger partial charge in [0, 0.05) is 31.8 Å². The third-order valence-electron chi connectivity index (χ3n) is 4.90. The van der Waals surface area contributed by atoms with Crippen LogP contribution in [0.4, 0.5) is 5.69 Å². The van der Waals surface area contributed by atoms with Crippen LogP contribution in [0, 0.1) is 10.1 Å². The molecule has 0 saturated carbocycles. The molecular formula is C24H25IN2O4. The molecule has 0 aliphatic heterocycles. The minimum Gasteiger partial charge on any atom is -0.375 e. The van der Waals surface area contributed by atoms with E-state index in [-0.39, 0.29) is 16.7 Å². The number of hydrogen-bond acceptors (Lipinski definition) is 5. The molecular weight excluding hydrogens is 507 g/mol. The first kappa shape index (κ1) is 23.3. The first-order valence-corrected chi connectivity index (χ1v) is 10.9. The van der Waals surface area contributed by atoms with Gasteiger partial charge in [-0.2, -0.15) is 0 Å². The zero-order valence-electron chi connectivity index (χ0n) is 17.1. The summed E-state index contributed by atoms with van der Waals surface area (Å²) in [5.74, 6) is 0. The van der Waals surface area contributed by atoms with Crippen LogP contribution in [0.15, 0.2) is 84.9 Å². The van der Waals surface area contributed by atoms with Crippen molar-refractivity contribution in [3.8, 4) is 0 Å². The van der Waals surface area contributed by atoms with Gasteiger partial charge in [-0.3, -0.25) is 15.0 Å². The van der Waals surface area contributed by atoms with Crippen LogP contribution in [0.25, 0.3) is 0 Å². The summed E-state index contributed by atoms with van der Waals surface area (Å²) in [6.45, 7) is 3.18. The van der Waals surface area contributed by atoms with Crippen LogP contribution in [0.5, 0.6) is 0 Å². The number of nitro benzene ring substituents is 1. The summed E-state index contributed by atoms with van der Waals surface area (Å²) in [4.78, 5) is 13.0. The first-order chi connectivity index (χ1) is 15.2. The Morgan fingerprint density at radius 1 is 0.935 bits per heavy atom. The highest BCUT2D eigenvalue weighted by molar-refractivity contribution is 14.1. The topological polar surface area (TPSA) is 64.8 Å². The second-order valence-corrected chi connectivity index (χ2v) is 7.70. The minimum absolute atomic E-state index is 0.0664. The monoisotopic (exact) mass is 532 g/mol. The molecule has 0 fully saturated rings. The van der Waals surface area contributed by atoms with Gasteiger partial charge in [0.1, 0.15) is 29.1 Å². The summed E-state index contributed by atoms with van der Waals surface area (Å²) >= 11 is 1.87. The third kappa shape index (κ3) is 7.70. The van der Waals surface area contributed by atoms with Gasteiger partial charge in [-0.15, -0.1) is 0 Å². The van der Waals surface area contributed by atoms with Gasteiger partial charge < -0.3 is 7.80 Å². The van der Waals surface area contributed by atoms with Crippen molar-refractivity contribution >= 4 is 28.7 Å². The number of nitro groups is 1. The summed E-state index contributed by atoms with van der Waals surface area (Å²) < 4.78 is 11.6. The third-order valence-corrected chi connectivity index (χ3v) is 5.51. The van der Waals surface area contributed by atoms with Crippen molar-refractivity contribution in [2.45, 2.75) is 19.3 Å². The zero-order valence-corrected chi connectivity index (χ0v) is 19.3. The SMILES string of the molecule is O=[N+]([O-])c1cccc([C@H](CN(CCOCc2ccccc2)Cc2ccccc2)OI)c1. The van der Waals surface area contributed by atoms with Crippen molar-refractivity contribution < 1.29 is 12.7 Å². The molecule has 0 heterocycles. The molecule has 0 aliphatic rings. The minimum atomic E-state index is -0.382. The number of hydrogen-bond donors (Lipinski definition) is 0. The summed E-state index contributed by atoms with van der Waals surface area (Å²) in [5.41, 5.74) is 3.18. The van der Waals surface area contributed by atoms with Crippen molar-refractivity contribution in [2.75, 3.05) is 19.7 Å². The molecule has 3 aromatic carbocycles. The second kappa shape index (κ2) is 12.5. The average molecular weight is 532 g/mol. The fourth-order valence-corrected chi connectivity index (χ4v) is 3.75. The van der Waals surface area contributed by atoms with Crippen LogP contribution in [0.3, 0.4) is 0 Å². The van der Waals surface area contributed by atoms with E-state index >= 15 is 0 Å². The lowest BCUT2D eigenvalue weighted by atomic mass is 10.1. The Kier molecular flexibility index (Phi) is 9.41. The lowest BCUT2D eigenvalue weighted by Gasteiger charge is -2.26. The Labute approximate surface area is 196 Å². The van der Waals surface area contributed by atoms with Crippen LogP contribution in [-0.2, 0) is 21.0 Å². The van der Waals surface area contributed by atoms with E-state index < -0.39 is 0 Å².